The number of anilines is 1. The summed E-state index contributed by atoms with van der Waals surface area (Å²) in [6.07, 6.45) is 1.85. The molecule has 0 spiro atoms. The van der Waals surface area contributed by atoms with Gasteiger partial charge in [0, 0.05) is 36.5 Å². The van der Waals surface area contributed by atoms with Gasteiger partial charge in [0.25, 0.3) is 0 Å². The topological polar surface area (TPSA) is 69.3 Å². The molecule has 3 aromatic rings. The highest BCUT2D eigenvalue weighted by atomic mass is 32.1. The Morgan fingerprint density at radius 2 is 2.03 bits per heavy atom. The second kappa shape index (κ2) is 9.54. The monoisotopic (exact) mass is 486 g/mol. The third-order valence-corrected chi connectivity index (χ3v) is 6.25. The molecule has 2 N–H and O–H groups in total. The van der Waals surface area contributed by atoms with Crippen LogP contribution >= 0.6 is 12.6 Å². The molecule has 10 heteroatoms. The molecule has 1 aliphatic rings. The number of rotatable bonds is 7. The van der Waals surface area contributed by atoms with Gasteiger partial charge >= 0.3 is 6.18 Å². The van der Waals surface area contributed by atoms with Crippen LogP contribution in [0.3, 0.4) is 0 Å². The maximum absolute atomic E-state index is 12.9. The summed E-state index contributed by atoms with van der Waals surface area (Å²) in [5.74, 6) is 0.666. The standard InChI is InChI=1S/C24H25F3N6S/c1-3-20(17-10-12-32(14-17)21(34)13-15(2)28)29-23-30-22-19(5-4-11-33(22)31-23)16-6-8-18(9-7-16)24(25,26)27/h3-9,11,13,17,20,28,34H,1,10,12,14H2,2H3,(H,29,31)/b21-13-,28-15?. The predicted molar refractivity (Wildman–Crippen MR) is 131 cm³/mol. The first-order valence-corrected chi connectivity index (χ1v) is 11.2. The lowest BCUT2D eigenvalue weighted by Crippen LogP contribution is -2.30. The van der Waals surface area contributed by atoms with E-state index in [-0.39, 0.29) is 12.0 Å². The van der Waals surface area contributed by atoms with Gasteiger partial charge in [-0.15, -0.1) is 24.3 Å². The first-order chi connectivity index (χ1) is 16.2. The van der Waals surface area contributed by atoms with Crippen LogP contribution in [-0.4, -0.2) is 44.3 Å². The van der Waals surface area contributed by atoms with E-state index < -0.39 is 11.7 Å². The molecule has 2 atom stereocenters. The van der Waals surface area contributed by atoms with Crippen LogP contribution in [0.25, 0.3) is 16.8 Å². The van der Waals surface area contributed by atoms with E-state index in [4.69, 9.17) is 5.41 Å². The number of aromatic nitrogens is 3. The summed E-state index contributed by atoms with van der Waals surface area (Å²) in [6, 6.07) is 8.53. The Balaban J connectivity index is 1.54. The summed E-state index contributed by atoms with van der Waals surface area (Å²) in [5, 5.41) is 16.2. The van der Waals surface area contributed by atoms with E-state index in [0.717, 1.165) is 36.7 Å². The Morgan fingerprint density at radius 3 is 2.68 bits per heavy atom. The van der Waals surface area contributed by atoms with Gasteiger partial charge in [-0.05, 0) is 49.2 Å². The van der Waals surface area contributed by atoms with Crippen molar-refractivity contribution in [3.63, 3.8) is 0 Å². The quantitative estimate of drug-likeness (QED) is 0.234. The zero-order valence-electron chi connectivity index (χ0n) is 18.5. The molecule has 0 aliphatic carbocycles. The van der Waals surface area contributed by atoms with Crippen molar-refractivity contribution in [3.05, 3.63) is 71.9 Å². The van der Waals surface area contributed by atoms with Crippen LogP contribution in [0.4, 0.5) is 19.1 Å². The molecule has 6 nitrogen and oxygen atoms in total. The van der Waals surface area contributed by atoms with Crippen LogP contribution < -0.4 is 5.32 Å². The number of halogens is 3. The molecular weight excluding hydrogens is 461 g/mol. The number of fused-ring (bicyclic) bond motifs is 1. The maximum atomic E-state index is 12.9. The van der Waals surface area contributed by atoms with Crippen LogP contribution in [0, 0.1) is 11.3 Å². The molecule has 1 aliphatic heterocycles. The third kappa shape index (κ3) is 5.11. The lowest BCUT2D eigenvalue weighted by Gasteiger charge is -2.22. The van der Waals surface area contributed by atoms with E-state index in [9.17, 15) is 13.2 Å². The van der Waals surface area contributed by atoms with Crippen molar-refractivity contribution < 1.29 is 13.2 Å². The smallest absolute Gasteiger partial charge is 0.366 e. The molecule has 2 unspecified atom stereocenters. The van der Waals surface area contributed by atoms with Crippen molar-refractivity contribution in [1.29, 1.82) is 5.41 Å². The molecule has 0 bridgehead atoms. The molecule has 178 valence electrons. The SMILES string of the molecule is C=CC(Nc1nc2c(-c3ccc(C(F)(F)F)cc3)cccn2n1)C1CCN(/C(S)=C/C(C)=N)C1. The number of thiol groups is 1. The number of alkyl halides is 3. The second-order valence-electron chi connectivity index (χ2n) is 8.29. The molecule has 34 heavy (non-hydrogen) atoms. The second-order valence-corrected chi connectivity index (χ2v) is 8.74. The molecule has 1 fully saturated rings. The fourth-order valence-electron chi connectivity index (χ4n) is 4.12. The number of pyridine rings is 1. The fourth-order valence-corrected chi connectivity index (χ4v) is 4.50. The van der Waals surface area contributed by atoms with Gasteiger partial charge in [0.1, 0.15) is 0 Å². The minimum Gasteiger partial charge on any atom is -0.366 e. The van der Waals surface area contributed by atoms with Crippen LogP contribution in [0.1, 0.15) is 18.9 Å². The van der Waals surface area contributed by atoms with Crippen molar-refractivity contribution in [2.45, 2.75) is 25.6 Å². The van der Waals surface area contributed by atoms with Crippen LogP contribution in [0.5, 0.6) is 0 Å². The Morgan fingerprint density at radius 1 is 1.29 bits per heavy atom. The highest BCUT2D eigenvalue weighted by Crippen LogP contribution is 2.32. The van der Waals surface area contributed by atoms with E-state index in [2.05, 4.69) is 39.5 Å². The maximum Gasteiger partial charge on any atom is 0.416 e. The first-order valence-electron chi connectivity index (χ1n) is 10.8. The summed E-state index contributed by atoms with van der Waals surface area (Å²) in [4.78, 5) is 6.74. The first kappa shape index (κ1) is 23.9. The molecule has 1 saturated heterocycles. The number of nitrogens with zero attached hydrogens (tertiary/aromatic N) is 4. The van der Waals surface area contributed by atoms with Crippen molar-refractivity contribution in [3.8, 4) is 11.1 Å². The Hall–Kier alpha value is -3.27. The number of hydrogen-bond acceptors (Lipinski definition) is 6. The summed E-state index contributed by atoms with van der Waals surface area (Å²) in [6.45, 7) is 7.27. The summed E-state index contributed by atoms with van der Waals surface area (Å²) >= 11 is 4.51. The number of hydrogen-bond donors (Lipinski definition) is 3. The van der Waals surface area contributed by atoms with Gasteiger partial charge in [-0.3, -0.25) is 0 Å². The van der Waals surface area contributed by atoms with Gasteiger partial charge < -0.3 is 15.6 Å². The molecular formula is C24H25F3N6S. The molecule has 1 aromatic carbocycles. The minimum absolute atomic E-state index is 0.0841. The van der Waals surface area contributed by atoms with Crippen molar-refractivity contribution in [2.75, 3.05) is 18.4 Å². The lowest BCUT2D eigenvalue weighted by atomic mass is 9.99. The average Bonchev–Trinajstić information content (AvgIpc) is 3.43. The summed E-state index contributed by atoms with van der Waals surface area (Å²) in [7, 11) is 0. The molecule has 2 aromatic heterocycles. The highest BCUT2D eigenvalue weighted by Gasteiger charge is 2.31. The van der Waals surface area contributed by atoms with Crippen molar-refractivity contribution in [1.82, 2.24) is 19.5 Å². The number of benzene rings is 1. The molecule has 3 heterocycles. The highest BCUT2D eigenvalue weighted by molar-refractivity contribution is 7.84. The summed E-state index contributed by atoms with van der Waals surface area (Å²) < 4.78 is 40.4. The number of nitrogens with one attached hydrogen (secondary N) is 2. The average molecular weight is 487 g/mol. The predicted octanol–water partition coefficient (Wildman–Crippen LogP) is 5.51. The van der Waals surface area contributed by atoms with Crippen molar-refractivity contribution in [2.24, 2.45) is 5.92 Å². The van der Waals surface area contributed by atoms with Crippen LogP contribution in [0.15, 0.2) is 66.4 Å². The largest absolute Gasteiger partial charge is 0.416 e. The van der Waals surface area contributed by atoms with Crippen LogP contribution in [0.2, 0.25) is 0 Å². The summed E-state index contributed by atoms with van der Waals surface area (Å²) in [5.41, 5.74) is 1.61. The van der Waals surface area contributed by atoms with Gasteiger partial charge in [0.15, 0.2) is 5.65 Å². The van der Waals surface area contributed by atoms with E-state index in [0.29, 0.717) is 28.4 Å². The third-order valence-electron chi connectivity index (χ3n) is 5.84. The molecule has 0 amide bonds. The molecule has 0 radical (unpaired) electrons. The molecule has 4 rings (SSSR count). The minimum atomic E-state index is -4.38. The Kier molecular flexibility index (Phi) is 6.70. The van der Waals surface area contributed by atoms with Gasteiger partial charge in [0.2, 0.25) is 5.95 Å². The van der Waals surface area contributed by atoms with Crippen LogP contribution in [-0.2, 0) is 6.18 Å². The zero-order chi connectivity index (χ0) is 24.5. The van der Waals surface area contributed by atoms with Gasteiger partial charge in [0.05, 0.1) is 16.6 Å². The van der Waals surface area contributed by atoms with E-state index in [1.165, 1.54) is 12.1 Å². The van der Waals surface area contributed by atoms with E-state index >= 15 is 0 Å². The van der Waals surface area contributed by atoms with E-state index in [1.54, 1.807) is 29.8 Å². The van der Waals surface area contributed by atoms with Gasteiger partial charge in [-0.1, -0.05) is 18.2 Å². The number of likely N-dealkylation sites (tertiary alicyclic amines) is 1. The van der Waals surface area contributed by atoms with Gasteiger partial charge in [-0.25, -0.2) is 4.52 Å². The Bertz CT molecular complexity index is 1230. The fraction of sp³-hybridized carbons (Fsp3) is 0.292. The van der Waals surface area contributed by atoms with Crippen molar-refractivity contribution >= 4 is 29.9 Å². The zero-order valence-corrected chi connectivity index (χ0v) is 19.4. The van der Waals surface area contributed by atoms with E-state index in [1.807, 2.05) is 12.1 Å². The lowest BCUT2D eigenvalue weighted by molar-refractivity contribution is -0.137. The number of allylic oxidation sites excluding steroid dienone is 1. The Labute approximate surface area is 201 Å². The van der Waals surface area contributed by atoms with Gasteiger partial charge in [-0.2, -0.15) is 18.2 Å². The normalized spacial score (nSPS) is 17.7. The molecule has 0 saturated carbocycles.